The van der Waals surface area contributed by atoms with Crippen molar-refractivity contribution in [3.8, 4) is 5.69 Å². The van der Waals surface area contributed by atoms with Crippen molar-refractivity contribution in [1.82, 2.24) is 14.8 Å². The van der Waals surface area contributed by atoms with Crippen LogP contribution in [0.5, 0.6) is 0 Å². The number of halogens is 1. The minimum absolute atomic E-state index is 0.168. The smallest absolute Gasteiger partial charge is 0.375 e. The Labute approximate surface area is 119 Å². The molecule has 19 heavy (non-hydrogen) atoms. The molecule has 1 heterocycles. The summed E-state index contributed by atoms with van der Waals surface area (Å²) in [5, 5.41) is 13.1. The van der Waals surface area contributed by atoms with Gasteiger partial charge in [-0.25, -0.2) is 14.5 Å². The van der Waals surface area contributed by atoms with Crippen molar-refractivity contribution in [3.63, 3.8) is 0 Å². The van der Waals surface area contributed by atoms with Crippen LogP contribution >= 0.6 is 15.9 Å². The normalized spacial score (nSPS) is 10.7. The summed E-state index contributed by atoms with van der Waals surface area (Å²) in [7, 11) is 0. The van der Waals surface area contributed by atoms with E-state index in [0.717, 1.165) is 21.3 Å². The molecule has 0 spiro atoms. The zero-order valence-electron chi connectivity index (χ0n) is 10.9. The van der Waals surface area contributed by atoms with Gasteiger partial charge >= 0.3 is 5.97 Å². The lowest BCUT2D eigenvalue weighted by atomic mass is 10.1. The molecule has 5 nitrogen and oxygen atoms in total. The number of benzene rings is 1. The Morgan fingerprint density at radius 2 is 1.95 bits per heavy atom. The lowest BCUT2D eigenvalue weighted by Gasteiger charge is -2.12. The molecule has 0 atom stereocenters. The summed E-state index contributed by atoms with van der Waals surface area (Å²) < 4.78 is 2.61. The Morgan fingerprint density at radius 3 is 2.42 bits per heavy atom. The van der Waals surface area contributed by atoms with E-state index in [9.17, 15) is 4.79 Å². The number of aryl methyl sites for hydroxylation is 3. The number of carbonyl (C=O) groups is 1. The molecule has 0 aliphatic carbocycles. The standard InChI is InChI=1S/C13H14BrN3O2/c1-4-10-15-12(13(18)19)16-17(10)11-7(2)5-9(14)6-8(11)3/h5-6H,4H2,1-3H3,(H,18,19). The van der Waals surface area contributed by atoms with Gasteiger partial charge in [-0.2, -0.15) is 0 Å². The summed E-state index contributed by atoms with van der Waals surface area (Å²) >= 11 is 3.44. The molecule has 0 fully saturated rings. The zero-order chi connectivity index (χ0) is 14.2. The molecule has 0 saturated heterocycles. The van der Waals surface area contributed by atoms with Gasteiger partial charge in [-0.3, -0.25) is 0 Å². The zero-order valence-corrected chi connectivity index (χ0v) is 12.5. The SMILES string of the molecule is CCc1nc(C(=O)O)nn1-c1c(C)cc(Br)cc1C. The molecule has 0 bridgehead atoms. The van der Waals surface area contributed by atoms with Gasteiger partial charge in [0.1, 0.15) is 5.82 Å². The fraction of sp³-hybridized carbons (Fsp3) is 0.308. The van der Waals surface area contributed by atoms with Crippen LogP contribution in [-0.2, 0) is 6.42 Å². The number of aromatic carboxylic acids is 1. The minimum atomic E-state index is -1.11. The third kappa shape index (κ3) is 2.53. The molecule has 100 valence electrons. The number of nitrogens with zero attached hydrogens (tertiary/aromatic N) is 3. The lowest BCUT2D eigenvalue weighted by Crippen LogP contribution is -2.07. The molecule has 0 radical (unpaired) electrons. The van der Waals surface area contributed by atoms with E-state index in [0.29, 0.717) is 12.2 Å². The van der Waals surface area contributed by atoms with Crippen LogP contribution in [0, 0.1) is 13.8 Å². The number of aromatic nitrogens is 3. The van der Waals surface area contributed by atoms with Crippen molar-refractivity contribution in [2.45, 2.75) is 27.2 Å². The van der Waals surface area contributed by atoms with Gasteiger partial charge in [-0.1, -0.05) is 22.9 Å². The van der Waals surface area contributed by atoms with Crippen molar-refractivity contribution in [2.24, 2.45) is 0 Å². The number of hydrogen-bond donors (Lipinski definition) is 1. The van der Waals surface area contributed by atoms with Gasteiger partial charge in [-0.05, 0) is 37.1 Å². The maximum Gasteiger partial charge on any atom is 0.375 e. The third-order valence-electron chi connectivity index (χ3n) is 2.85. The molecular formula is C13H14BrN3O2. The van der Waals surface area contributed by atoms with Gasteiger partial charge in [0.2, 0.25) is 0 Å². The molecule has 1 N–H and O–H groups in total. The number of rotatable bonds is 3. The number of hydrogen-bond acceptors (Lipinski definition) is 3. The van der Waals surface area contributed by atoms with Crippen LogP contribution in [0.4, 0.5) is 0 Å². The average molecular weight is 324 g/mol. The van der Waals surface area contributed by atoms with Gasteiger partial charge in [0.05, 0.1) is 5.69 Å². The van der Waals surface area contributed by atoms with E-state index in [-0.39, 0.29) is 5.82 Å². The molecule has 2 aromatic rings. The summed E-state index contributed by atoms with van der Waals surface area (Å²) in [5.41, 5.74) is 2.92. The predicted octanol–water partition coefficient (Wildman–Crippen LogP) is 2.91. The van der Waals surface area contributed by atoms with Crippen molar-refractivity contribution < 1.29 is 9.90 Å². The second-order valence-corrected chi connectivity index (χ2v) is 5.23. The fourth-order valence-corrected chi connectivity index (χ4v) is 2.77. The second kappa shape index (κ2) is 5.13. The van der Waals surface area contributed by atoms with Crippen molar-refractivity contribution in [3.05, 3.63) is 39.4 Å². The highest BCUT2D eigenvalue weighted by Gasteiger charge is 2.17. The topological polar surface area (TPSA) is 68.0 Å². The highest BCUT2D eigenvalue weighted by Crippen LogP contribution is 2.24. The van der Waals surface area contributed by atoms with E-state index in [1.165, 1.54) is 0 Å². The first kappa shape index (κ1) is 13.7. The Bertz CT molecular complexity index is 626. The fourth-order valence-electron chi connectivity index (χ4n) is 2.08. The third-order valence-corrected chi connectivity index (χ3v) is 3.31. The van der Waals surface area contributed by atoms with Crippen LogP contribution in [0.25, 0.3) is 5.69 Å². The van der Waals surface area contributed by atoms with Gasteiger partial charge < -0.3 is 5.11 Å². The largest absolute Gasteiger partial charge is 0.475 e. The van der Waals surface area contributed by atoms with E-state index < -0.39 is 5.97 Å². The van der Waals surface area contributed by atoms with E-state index in [4.69, 9.17) is 5.11 Å². The Balaban J connectivity index is 2.68. The Morgan fingerprint density at radius 1 is 1.37 bits per heavy atom. The average Bonchev–Trinajstić information content (AvgIpc) is 2.71. The summed E-state index contributed by atoms with van der Waals surface area (Å²) in [5.74, 6) is -0.634. The van der Waals surface area contributed by atoms with Gasteiger partial charge in [0, 0.05) is 10.9 Å². The number of carboxylic acids is 1. The lowest BCUT2D eigenvalue weighted by molar-refractivity contribution is 0.0683. The highest BCUT2D eigenvalue weighted by atomic mass is 79.9. The summed E-state index contributed by atoms with van der Waals surface area (Å²) in [6.07, 6.45) is 0.620. The molecule has 0 unspecified atom stereocenters. The van der Waals surface area contributed by atoms with E-state index in [1.807, 2.05) is 32.9 Å². The molecule has 0 aliphatic heterocycles. The predicted molar refractivity (Wildman–Crippen MR) is 74.9 cm³/mol. The van der Waals surface area contributed by atoms with Crippen LogP contribution in [0.15, 0.2) is 16.6 Å². The molecule has 0 aliphatic rings. The molecular weight excluding hydrogens is 310 g/mol. The van der Waals surface area contributed by atoms with Gasteiger partial charge in [0.25, 0.3) is 5.82 Å². The van der Waals surface area contributed by atoms with Crippen LogP contribution in [0.3, 0.4) is 0 Å². The quantitative estimate of drug-likeness (QED) is 0.943. The Hall–Kier alpha value is -1.69. The maximum atomic E-state index is 11.0. The Kier molecular flexibility index (Phi) is 3.71. The second-order valence-electron chi connectivity index (χ2n) is 4.31. The summed E-state index contributed by atoms with van der Waals surface area (Å²) in [6.45, 7) is 5.86. The molecule has 6 heteroatoms. The molecule has 1 aromatic carbocycles. The molecule has 0 saturated carbocycles. The molecule has 1 aromatic heterocycles. The van der Waals surface area contributed by atoms with Crippen molar-refractivity contribution in [1.29, 1.82) is 0 Å². The van der Waals surface area contributed by atoms with Crippen LogP contribution in [0.2, 0.25) is 0 Å². The molecule has 2 rings (SSSR count). The van der Waals surface area contributed by atoms with E-state index in [1.54, 1.807) is 4.68 Å². The van der Waals surface area contributed by atoms with E-state index in [2.05, 4.69) is 26.0 Å². The highest BCUT2D eigenvalue weighted by molar-refractivity contribution is 9.10. The monoisotopic (exact) mass is 323 g/mol. The van der Waals surface area contributed by atoms with Crippen molar-refractivity contribution >= 4 is 21.9 Å². The van der Waals surface area contributed by atoms with Crippen LogP contribution in [0.1, 0.15) is 34.5 Å². The molecule has 0 amide bonds. The summed E-state index contributed by atoms with van der Waals surface area (Å²) in [4.78, 5) is 15.0. The van der Waals surface area contributed by atoms with Crippen molar-refractivity contribution in [2.75, 3.05) is 0 Å². The summed E-state index contributed by atoms with van der Waals surface area (Å²) in [6, 6.07) is 3.95. The van der Waals surface area contributed by atoms with Gasteiger partial charge in [-0.15, -0.1) is 5.10 Å². The minimum Gasteiger partial charge on any atom is -0.475 e. The van der Waals surface area contributed by atoms with E-state index >= 15 is 0 Å². The van der Waals surface area contributed by atoms with Crippen LogP contribution < -0.4 is 0 Å². The maximum absolute atomic E-state index is 11.0. The van der Waals surface area contributed by atoms with Gasteiger partial charge in [0.15, 0.2) is 0 Å². The number of carboxylic acid groups (broad SMARTS) is 1. The first-order valence-electron chi connectivity index (χ1n) is 5.90. The first-order valence-corrected chi connectivity index (χ1v) is 6.69. The first-order chi connectivity index (χ1) is 8.93. The van der Waals surface area contributed by atoms with Crippen LogP contribution in [-0.4, -0.2) is 25.8 Å².